The highest BCUT2D eigenvalue weighted by Crippen LogP contribution is 2.58. The third-order valence-corrected chi connectivity index (χ3v) is 5.41. The van der Waals surface area contributed by atoms with Crippen LogP contribution < -0.4 is 0 Å². The van der Waals surface area contributed by atoms with Crippen molar-refractivity contribution in [2.75, 3.05) is 0 Å². The van der Waals surface area contributed by atoms with E-state index in [2.05, 4.69) is 11.9 Å². The van der Waals surface area contributed by atoms with Gasteiger partial charge in [0, 0.05) is 16.6 Å². The predicted octanol–water partition coefficient (Wildman–Crippen LogP) is 3.89. The Balaban J connectivity index is 1.76. The molecule has 118 valence electrons. The van der Waals surface area contributed by atoms with Crippen molar-refractivity contribution >= 4 is 10.9 Å². The Labute approximate surface area is 133 Å². The number of hydrogen-bond donors (Lipinski definition) is 3. The molecular formula is C18H18N2O3. The second-order valence-corrected chi connectivity index (χ2v) is 6.61. The van der Waals surface area contributed by atoms with Gasteiger partial charge in [-0.05, 0) is 50.5 Å². The Morgan fingerprint density at radius 1 is 1.09 bits per heavy atom. The number of aromatic nitrogens is 2. The lowest BCUT2D eigenvalue weighted by Gasteiger charge is -2.10. The number of nitrogens with one attached hydrogen (secondary N) is 1. The van der Waals surface area contributed by atoms with Crippen molar-refractivity contribution in [3.8, 4) is 17.4 Å². The number of aryl methyl sites for hydroxylation is 2. The Morgan fingerprint density at radius 2 is 1.74 bits per heavy atom. The quantitative estimate of drug-likeness (QED) is 0.638. The van der Waals surface area contributed by atoms with E-state index in [0.29, 0.717) is 0 Å². The van der Waals surface area contributed by atoms with Gasteiger partial charge in [-0.2, -0.15) is 0 Å². The third kappa shape index (κ3) is 1.50. The van der Waals surface area contributed by atoms with Crippen molar-refractivity contribution in [3.63, 3.8) is 0 Å². The van der Waals surface area contributed by atoms with E-state index in [-0.39, 0.29) is 24.0 Å². The largest absolute Gasteiger partial charge is 0.494 e. The highest BCUT2D eigenvalue weighted by Gasteiger charge is 2.45. The van der Waals surface area contributed by atoms with E-state index in [1.807, 2.05) is 25.1 Å². The average molecular weight is 310 g/mol. The van der Waals surface area contributed by atoms with Crippen LogP contribution in [-0.4, -0.2) is 19.8 Å². The number of ether oxygens (including phenoxy) is 1. The van der Waals surface area contributed by atoms with E-state index in [9.17, 15) is 10.2 Å². The fourth-order valence-corrected chi connectivity index (χ4v) is 4.11. The average Bonchev–Trinajstić information content (AvgIpc) is 3.26. The molecule has 1 saturated heterocycles. The highest BCUT2D eigenvalue weighted by molar-refractivity contribution is 5.86. The number of aromatic amines is 1. The van der Waals surface area contributed by atoms with E-state index in [1.54, 1.807) is 4.57 Å². The molecule has 2 aromatic heterocycles. The van der Waals surface area contributed by atoms with Gasteiger partial charge in [0.05, 0.1) is 29.0 Å². The van der Waals surface area contributed by atoms with Crippen molar-refractivity contribution in [3.05, 3.63) is 40.6 Å². The lowest BCUT2D eigenvalue weighted by Crippen LogP contribution is -1.96. The standard InChI is InChI=1S/C18H18N2O3/c1-8-9(2)19-12-4-3-10(7-11(8)12)20-17(21)15-13-5-6-14(23-13)16(15)18(20)22/h3-4,7,13-14,19,21-22H,5-6H2,1-2H3/t13-,14+. The molecule has 2 atom stereocenters. The van der Waals surface area contributed by atoms with Crippen LogP contribution in [0.25, 0.3) is 16.6 Å². The molecule has 4 heterocycles. The van der Waals surface area contributed by atoms with Crippen LogP contribution in [0.4, 0.5) is 0 Å². The predicted molar refractivity (Wildman–Crippen MR) is 86.2 cm³/mol. The minimum atomic E-state index is -0.0814. The number of fused-ring (bicyclic) bond motifs is 6. The molecule has 0 spiro atoms. The molecule has 23 heavy (non-hydrogen) atoms. The number of rotatable bonds is 1. The topological polar surface area (TPSA) is 70.4 Å². The van der Waals surface area contributed by atoms with E-state index < -0.39 is 0 Å². The molecule has 5 heteroatoms. The molecule has 5 nitrogen and oxygen atoms in total. The van der Waals surface area contributed by atoms with Crippen molar-refractivity contribution in [1.82, 2.24) is 9.55 Å². The molecule has 0 unspecified atom stereocenters. The molecule has 3 N–H and O–H groups in total. The summed E-state index contributed by atoms with van der Waals surface area (Å²) in [5.74, 6) is 0.211. The first-order valence-corrected chi connectivity index (χ1v) is 7.97. The van der Waals surface area contributed by atoms with Gasteiger partial charge in [0.15, 0.2) is 0 Å². The molecule has 2 aliphatic rings. The molecule has 3 aromatic rings. The zero-order valence-corrected chi connectivity index (χ0v) is 13.1. The Morgan fingerprint density at radius 3 is 2.39 bits per heavy atom. The first-order valence-electron chi connectivity index (χ1n) is 7.97. The number of hydrogen-bond acceptors (Lipinski definition) is 3. The molecule has 1 aromatic carbocycles. The van der Waals surface area contributed by atoms with Crippen molar-refractivity contribution < 1.29 is 14.9 Å². The zero-order valence-electron chi connectivity index (χ0n) is 13.1. The molecular weight excluding hydrogens is 292 g/mol. The molecule has 0 amide bonds. The Kier molecular flexibility index (Phi) is 2.34. The van der Waals surface area contributed by atoms with Gasteiger partial charge in [0.2, 0.25) is 11.8 Å². The molecule has 2 aliphatic heterocycles. The summed E-state index contributed by atoms with van der Waals surface area (Å²) < 4.78 is 7.33. The van der Waals surface area contributed by atoms with E-state index in [1.165, 1.54) is 5.56 Å². The van der Waals surface area contributed by atoms with Crippen molar-refractivity contribution in [1.29, 1.82) is 0 Å². The highest BCUT2D eigenvalue weighted by atomic mass is 16.5. The second kappa shape index (κ2) is 4.11. The van der Waals surface area contributed by atoms with Crippen LogP contribution in [0.15, 0.2) is 18.2 Å². The van der Waals surface area contributed by atoms with Gasteiger partial charge in [0.25, 0.3) is 0 Å². The maximum Gasteiger partial charge on any atom is 0.205 e. The summed E-state index contributed by atoms with van der Waals surface area (Å²) in [5, 5.41) is 22.4. The number of aromatic hydroxyl groups is 2. The molecule has 2 bridgehead atoms. The van der Waals surface area contributed by atoms with Crippen LogP contribution in [0, 0.1) is 13.8 Å². The number of nitrogens with zero attached hydrogens (tertiary/aromatic N) is 1. The lowest BCUT2D eigenvalue weighted by molar-refractivity contribution is 0.0683. The molecule has 0 aliphatic carbocycles. The monoisotopic (exact) mass is 310 g/mol. The smallest absolute Gasteiger partial charge is 0.205 e. The van der Waals surface area contributed by atoms with Gasteiger partial charge < -0.3 is 19.9 Å². The van der Waals surface area contributed by atoms with Crippen LogP contribution >= 0.6 is 0 Å². The molecule has 0 radical (unpaired) electrons. The summed E-state index contributed by atoms with van der Waals surface area (Å²) in [6, 6.07) is 5.90. The molecule has 1 fully saturated rings. The fourth-order valence-electron chi connectivity index (χ4n) is 4.11. The number of benzene rings is 1. The van der Waals surface area contributed by atoms with Crippen molar-refractivity contribution in [2.24, 2.45) is 0 Å². The van der Waals surface area contributed by atoms with Gasteiger partial charge in [-0.15, -0.1) is 0 Å². The molecule has 0 saturated carbocycles. The molecule has 5 rings (SSSR count). The maximum atomic E-state index is 10.7. The van der Waals surface area contributed by atoms with Crippen LogP contribution in [0.2, 0.25) is 0 Å². The summed E-state index contributed by atoms with van der Waals surface area (Å²) in [6.07, 6.45) is 1.65. The normalized spacial score (nSPS) is 22.2. The fraction of sp³-hybridized carbons (Fsp3) is 0.333. The minimum Gasteiger partial charge on any atom is -0.494 e. The van der Waals surface area contributed by atoms with E-state index in [0.717, 1.165) is 46.3 Å². The first kappa shape index (κ1) is 13.1. The van der Waals surface area contributed by atoms with E-state index in [4.69, 9.17) is 4.74 Å². The first-order chi connectivity index (χ1) is 11.1. The van der Waals surface area contributed by atoms with Crippen LogP contribution in [0.1, 0.15) is 47.4 Å². The zero-order chi connectivity index (χ0) is 15.9. The SMILES string of the molecule is Cc1[nH]c2ccc(-n3c(O)c4c(c3O)[C@H]3CC[C@@H]4O3)cc2c1C. The maximum absolute atomic E-state index is 10.7. The van der Waals surface area contributed by atoms with Gasteiger partial charge in [-0.25, -0.2) is 0 Å². The number of H-pyrrole nitrogens is 1. The second-order valence-electron chi connectivity index (χ2n) is 6.61. The summed E-state index contributed by atoms with van der Waals surface area (Å²) in [7, 11) is 0. The van der Waals surface area contributed by atoms with Crippen LogP contribution in [0.3, 0.4) is 0 Å². The van der Waals surface area contributed by atoms with Gasteiger partial charge in [-0.3, -0.25) is 4.57 Å². The Bertz CT molecular complexity index is 933. The minimum absolute atomic E-state index is 0.0814. The van der Waals surface area contributed by atoms with Crippen LogP contribution in [-0.2, 0) is 4.74 Å². The van der Waals surface area contributed by atoms with E-state index >= 15 is 0 Å². The summed E-state index contributed by atoms with van der Waals surface area (Å²) in [5.41, 5.74) is 5.67. The third-order valence-electron chi connectivity index (χ3n) is 5.41. The lowest BCUT2D eigenvalue weighted by atomic mass is 9.95. The van der Waals surface area contributed by atoms with Gasteiger partial charge in [0.1, 0.15) is 0 Å². The van der Waals surface area contributed by atoms with Gasteiger partial charge >= 0.3 is 0 Å². The summed E-state index contributed by atoms with van der Waals surface area (Å²) in [6.45, 7) is 4.12. The van der Waals surface area contributed by atoms with Gasteiger partial charge in [-0.1, -0.05) is 0 Å². The van der Waals surface area contributed by atoms with Crippen LogP contribution in [0.5, 0.6) is 11.8 Å². The Hall–Kier alpha value is -2.40. The summed E-state index contributed by atoms with van der Waals surface area (Å²) in [4.78, 5) is 3.34. The summed E-state index contributed by atoms with van der Waals surface area (Å²) >= 11 is 0. The van der Waals surface area contributed by atoms with Crippen molar-refractivity contribution in [2.45, 2.75) is 38.9 Å².